The monoisotopic (exact) mass is 229 g/mol. The third-order valence-corrected chi connectivity index (χ3v) is 3.38. The van der Waals surface area contributed by atoms with Crippen molar-refractivity contribution in [1.29, 1.82) is 5.26 Å². The van der Waals surface area contributed by atoms with Crippen LogP contribution in [0.25, 0.3) is 0 Å². The molecule has 0 amide bonds. The lowest BCUT2D eigenvalue weighted by Gasteiger charge is -2.30. The average molecular weight is 229 g/mol. The van der Waals surface area contributed by atoms with Crippen LogP contribution in [0.3, 0.4) is 0 Å². The maximum Gasteiger partial charge on any atom is 0.101 e. The van der Waals surface area contributed by atoms with Crippen molar-refractivity contribution < 1.29 is 0 Å². The Morgan fingerprint density at radius 1 is 1.29 bits per heavy atom. The minimum absolute atomic E-state index is 0.456. The van der Waals surface area contributed by atoms with Gasteiger partial charge < -0.3 is 9.80 Å². The largest absolute Gasteiger partial charge is 0.366 e. The van der Waals surface area contributed by atoms with E-state index < -0.39 is 0 Å². The van der Waals surface area contributed by atoms with Gasteiger partial charge in [0.1, 0.15) is 6.07 Å². The first-order valence-corrected chi connectivity index (χ1v) is 6.16. The fourth-order valence-electron chi connectivity index (χ4n) is 2.55. The first-order valence-electron chi connectivity index (χ1n) is 6.16. The van der Waals surface area contributed by atoms with Crippen LogP contribution in [-0.2, 0) is 0 Å². The van der Waals surface area contributed by atoms with Crippen molar-refractivity contribution >= 4 is 5.69 Å². The number of hydrogen-bond donors (Lipinski definition) is 0. The summed E-state index contributed by atoms with van der Waals surface area (Å²) < 4.78 is 0. The molecule has 0 saturated carbocycles. The molecule has 0 spiro atoms. The van der Waals surface area contributed by atoms with Crippen LogP contribution in [0.5, 0.6) is 0 Å². The van der Waals surface area contributed by atoms with Crippen molar-refractivity contribution in [3.63, 3.8) is 0 Å². The topological polar surface area (TPSA) is 30.3 Å². The quantitative estimate of drug-likeness (QED) is 0.738. The maximum atomic E-state index is 9.17. The highest BCUT2D eigenvalue weighted by Gasteiger charge is 2.21. The van der Waals surface area contributed by atoms with Crippen LogP contribution in [0, 0.1) is 11.3 Å². The Hall–Kier alpha value is -1.53. The predicted octanol–water partition coefficient (Wildman–Crippen LogP) is 2.09. The van der Waals surface area contributed by atoms with Gasteiger partial charge in [-0.25, -0.2) is 0 Å². The van der Waals surface area contributed by atoms with Crippen molar-refractivity contribution in [3.8, 4) is 6.07 Å². The van der Waals surface area contributed by atoms with Crippen LogP contribution >= 0.6 is 0 Å². The maximum absolute atomic E-state index is 9.17. The molecule has 17 heavy (non-hydrogen) atoms. The van der Waals surface area contributed by atoms with Crippen LogP contribution < -0.4 is 4.90 Å². The van der Waals surface area contributed by atoms with E-state index in [0.29, 0.717) is 6.04 Å². The number of likely N-dealkylation sites (N-methyl/N-ethyl adjacent to an activating group) is 1. The van der Waals surface area contributed by atoms with Gasteiger partial charge in [-0.3, -0.25) is 0 Å². The highest BCUT2D eigenvalue weighted by Crippen LogP contribution is 2.23. The third-order valence-electron chi connectivity index (χ3n) is 3.38. The second-order valence-corrected chi connectivity index (χ2v) is 4.79. The van der Waals surface area contributed by atoms with Crippen molar-refractivity contribution in [1.82, 2.24) is 4.90 Å². The molecular formula is C14H19N3. The predicted molar refractivity (Wildman–Crippen MR) is 70.1 cm³/mol. The summed E-state index contributed by atoms with van der Waals surface area (Å²) in [4.78, 5) is 4.72. The minimum atomic E-state index is 0.456. The third kappa shape index (κ3) is 2.59. The van der Waals surface area contributed by atoms with Gasteiger partial charge in [-0.05, 0) is 39.1 Å². The number of hydrogen-bond acceptors (Lipinski definition) is 3. The molecule has 1 aromatic rings. The molecular weight excluding hydrogens is 210 g/mol. The van der Waals surface area contributed by atoms with Gasteiger partial charge in [0.25, 0.3) is 0 Å². The van der Waals surface area contributed by atoms with E-state index in [-0.39, 0.29) is 0 Å². The van der Waals surface area contributed by atoms with E-state index in [2.05, 4.69) is 35.9 Å². The second kappa shape index (κ2) is 5.20. The summed E-state index contributed by atoms with van der Waals surface area (Å²) >= 11 is 0. The standard InChI is InChI=1S/C14H19N3/c1-12-11-16(2)8-5-9-17(12)14-7-4-3-6-13(14)10-15/h3-4,6-7,12H,5,8-9,11H2,1-2H3. The summed E-state index contributed by atoms with van der Waals surface area (Å²) in [5.41, 5.74) is 1.86. The lowest BCUT2D eigenvalue weighted by molar-refractivity contribution is 0.337. The van der Waals surface area contributed by atoms with Crippen LogP contribution in [0.1, 0.15) is 18.9 Å². The number of nitrogens with zero attached hydrogens (tertiary/aromatic N) is 3. The molecule has 1 saturated heterocycles. The molecule has 2 rings (SSSR count). The summed E-state index contributed by atoms with van der Waals surface area (Å²) in [5.74, 6) is 0. The zero-order valence-electron chi connectivity index (χ0n) is 10.6. The Labute approximate surface area is 103 Å². The molecule has 90 valence electrons. The van der Waals surface area contributed by atoms with E-state index in [1.165, 1.54) is 0 Å². The van der Waals surface area contributed by atoms with E-state index in [1.807, 2.05) is 18.2 Å². The van der Waals surface area contributed by atoms with Gasteiger partial charge >= 0.3 is 0 Å². The fraction of sp³-hybridized carbons (Fsp3) is 0.500. The summed E-state index contributed by atoms with van der Waals surface area (Å²) in [5, 5.41) is 9.17. The number of anilines is 1. The highest BCUT2D eigenvalue weighted by molar-refractivity contribution is 5.59. The Morgan fingerprint density at radius 2 is 2.06 bits per heavy atom. The molecule has 0 aromatic heterocycles. The number of para-hydroxylation sites is 1. The number of nitriles is 1. The second-order valence-electron chi connectivity index (χ2n) is 4.79. The first kappa shape index (κ1) is 11.9. The molecule has 1 fully saturated rings. The molecule has 1 aliphatic heterocycles. The van der Waals surface area contributed by atoms with Crippen LogP contribution in [0.15, 0.2) is 24.3 Å². The van der Waals surface area contributed by atoms with Gasteiger partial charge in [0, 0.05) is 19.1 Å². The molecule has 0 aliphatic carbocycles. The zero-order valence-corrected chi connectivity index (χ0v) is 10.6. The summed E-state index contributed by atoms with van der Waals surface area (Å²) in [6.45, 7) is 5.45. The Morgan fingerprint density at radius 3 is 2.82 bits per heavy atom. The molecule has 1 heterocycles. The Bertz CT molecular complexity index is 422. The van der Waals surface area contributed by atoms with E-state index >= 15 is 0 Å². The van der Waals surface area contributed by atoms with Gasteiger partial charge in [0.05, 0.1) is 11.3 Å². The smallest absolute Gasteiger partial charge is 0.101 e. The highest BCUT2D eigenvalue weighted by atomic mass is 15.2. The first-order chi connectivity index (χ1) is 8.22. The Balaban J connectivity index is 2.29. The van der Waals surface area contributed by atoms with Gasteiger partial charge in [0.15, 0.2) is 0 Å². The normalized spacial score (nSPS) is 21.9. The van der Waals surface area contributed by atoms with E-state index in [9.17, 15) is 5.26 Å². The lowest BCUT2D eigenvalue weighted by Crippen LogP contribution is -2.38. The molecule has 0 N–H and O–H groups in total. The van der Waals surface area contributed by atoms with Crippen LogP contribution in [0.4, 0.5) is 5.69 Å². The van der Waals surface area contributed by atoms with Gasteiger partial charge in [-0.2, -0.15) is 5.26 Å². The summed E-state index contributed by atoms with van der Waals surface area (Å²) in [6, 6.07) is 10.6. The SMILES string of the molecule is CC1CN(C)CCCN1c1ccccc1C#N. The molecule has 1 aliphatic rings. The van der Waals surface area contributed by atoms with Gasteiger partial charge in [-0.1, -0.05) is 12.1 Å². The number of benzene rings is 1. The van der Waals surface area contributed by atoms with E-state index in [0.717, 1.165) is 37.3 Å². The van der Waals surface area contributed by atoms with Gasteiger partial charge in [-0.15, -0.1) is 0 Å². The molecule has 1 aromatic carbocycles. The molecule has 3 heteroatoms. The molecule has 1 atom stereocenters. The van der Waals surface area contributed by atoms with E-state index in [1.54, 1.807) is 0 Å². The van der Waals surface area contributed by atoms with Gasteiger partial charge in [0.2, 0.25) is 0 Å². The lowest BCUT2D eigenvalue weighted by atomic mass is 10.1. The summed E-state index contributed by atoms with van der Waals surface area (Å²) in [7, 11) is 2.16. The summed E-state index contributed by atoms with van der Waals surface area (Å²) in [6.07, 6.45) is 1.15. The zero-order chi connectivity index (χ0) is 12.3. The van der Waals surface area contributed by atoms with Crippen molar-refractivity contribution in [2.24, 2.45) is 0 Å². The van der Waals surface area contributed by atoms with Crippen molar-refractivity contribution in [3.05, 3.63) is 29.8 Å². The number of rotatable bonds is 1. The molecule has 0 radical (unpaired) electrons. The molecule has 3 nitrogen and oxygen atoms in total. The Kier molecular flexibility index (Phi) is 3.65. The van der Waals surface area contributed by atoms with Crippen LogP contribution in [0.2, 0.25) is 0 Å². The average Bonchev–Trinajstić information content (AvgIpc) is 2.50. The minimum Gasteiger partial charge on any atom is -0.366 e. The van der Waals surface area contributed by atoms with Crippen molar-refractivity contribution in [2.75, 3.05) is 31.6 Å². The molecule has 1 unspecified atom stereocenters. The fourth-order valence-corrected chi connectivity index (χ4v) is 2.55. The van der Waals surface area contributed by atoms with E-state index in [4.69, 9.17) is 0 Å². The van der Waals surface area contributed by atoms with Crippen molar-refractivity contribution in [2.45, 2.75) is 19.4 Å². The van der Waals surface area contributed by atoms with Crippen LogP contribution in [-0.4, -0.2) is 37.6 Å². The molecule has 0 bridgehead atoms.